The van der Waals surface area contributed by atoms with Gasteiger partial charge in [-0.2, -0.15) is 0 Å². The minimum absolute atomic E-state index is 0.0345. The molecule has 3 rings (SSSR count). The Morgan fingerprint density at radius 3 is 2.87 bits per heavy atom. The van der Waals surface area contributed by atoms with Crippen molar-refractivity contribution in [3.05, 3.63) is 34.9 Å². The van der Waals surface area contributed by atoms with Crippen LogP contribution < -0.4 is 0 Å². The van der Waals surface area contributed by atoms with Gasteiger partial charge < -0.3 is 14.7 Å². The summed E-state index contributed by atoms with van der Waals surface area (Å²) in [4.78, 5) is 27.0. The summed E-state index contributed by atoms with van der Waals surface area (Å²) in [7, 11) is 0. The first-order valence-corrected chi connectivity index (χ1v) is 8.07. The van der Waals surface area contributed by atoms with Crippen LogP contribution in [0, 0.1) is 0 Å². The number of β-amino-alcohol motifs (C(OH)–C–C–N with tert-alkyl or cyclic N) is 1. The molecule has 1 aromatic carbocycles. The Labute approximate surface area is 139 Å². The van der Waals surface area contributed by atoms with Gasteiger partial charge in [0.25, 0.3) is 5.91 Å². The highest BCUT2D eigenvalue weighted by atomic mass is 35.5. The lowest BCUT2D eigenvalue weighted by atomic mass is 10.2. The molecular weight excluding hydrogens is 320 g/mol. The summed E-state index contributed by atoms with van der Waals surface area (Å²) in [6.45, 7) is 0.887. The number of carbonyl (C=O) groups is 2. The molecule has 2 aliphatic heterocycles. The molecule has 23 heavy (non-hydrogen) atoms. The van der Waals surface area contributed by atoms with Crippen LogP contribution in [-0.4, -0.2) is 58.7 Å². The van der Waals surface area contributed by atoms with E-state index in [0.29, 0.717) is 18.0 Å². The van der Waals surface area contributed by atoms with Gasteiger partial charge in [0.15, 0.2) is 0 Å². The highest BCUT2D eigenvalue weighted by Gasteiger charge is 2.47. The molecule has 7 heteroatoms. The molecule has 1 N–H and O–H groups in total. The predicted molar refractivity (Wildman–Crippen MR) is 84.0 cm³/mol. The normalized spacial score (nSPS) is 21.9. The third-order valence-electron chi connectivity index (χ3n) is 4.20. The van der Waals surface area contributed by atoms with E-state index in [1.165, 1.54) is 0 Å². The quantitative estimate of drug-likeness (QED) is 0.801. The number of halogens is 1. The van der Waals surface area contributed by atoms with Crippen molar-refractivity contribution in [2.75, 3.05) is 19.7 Å². The fourth-order valence-corrected chi connectivity index (χ4v) is 3.22. The van der Waals surface area contributed by atoms with Crippen molar-refractivity contribution in [2.45, 2.75) is 31.6 Å². The summed E-state index contributed by atoms with van der Waals surface area (Å²) in [6, 6.07) is 6.66. The first-order chi connectivity index (χ1) is 11.1. The molecule has 2 aliphatic rings. The molecule has 0 radical (unpaired) electrons. The fourth-order valence-electron chi connectivity index (χ4n) is 3.03. The molecule has 124 valence electrons. The second kappa shape index (κ2) is 6.86. The Kier molecular flexibility index (Phi) is 4.84. The number of benzene rings is 1. The average Bonchev–Trinajstić information content (AvgIpc) is 3.09. The summed E-state index contributed by atoms with van der Waals surface area (Å²) in [5.74, 6) is -0.211. The van der Waals surface area contributed by atoms with Crippen molar-refractivity contribution in [1.29, 1.82) is 0 Å². The van der Waals surface area contributed by atoms with Crippen LogP contribution in [-0.2, 0) is 16.1 Å². The van der Waals surface area contributed by atoms with Gasteiger partial charge in [-0.15, -0.1) is 0 Å². The number of nitrogens with zero attached hydrogens (tertiary/aromatic N) is 2. The smallest absolute Gasteiger partial charge is 0.327 e. The number of hydrogen-bond acceptors (Lipinski definition) is 4. The highest BCUT2D eigenvalue weighted by molar-refractivity contribution is 6.31. The summed E-state index contributed by atoms with van der Waals surface area (Å²) >= 11 is 6.02. The molecule has 1 aromatic rings. The van der Waals surface area contributed by atoms with Gasteiger partial charge in [0, 0.05) is 11.6 Å². The largest absolute Gasteiger partial charge is 0.389 e. The van der Waals surface area contributed by atoms with Crippen molar-refractivity contribution < 1.29 is 19.4 Å². The fraction of sp³-hybridized carbons (Fsp3) is 0.500. The van der Waals surface area contributed by atoms with Gasteiger partial charge in [0.2, 0.25) is 0 Å². The molecule has 0 aliphatic carbocycles. The summed E-state index contributed by atoms with van der Waals surface area (Å²) in [5.41, 5.74) is 0.829. The van der Waals surface area contributed by atoms with Gasteiger partial charge in [-0.3, -0.25) is 9.69 Å². The van der Waals surface area contributed by atoms with E-state index in [0.717, 1.165) is 16.9 Å². The lowest BCUT2D eigenvalue weighted by Gasteiger charge is -2.19. The molecule has 2 atom stereocenters. The maximum Gasteiger partial charge on any atom is 0.327 e. The monoisotopic (exact) mass is 338 g/mol. The van der Waals surface area contributed by atoms with E-state index in [4.69, 9.17) is 16.3 Å². The molecule has 0 unspecified atom stereocenters. The average molecular weight is 339 g/mol. The number of urea groups is 1. The molecular formula is C16H19ClN2O4. The minimum Gasteiger partial charge on any atom is -0.389 e. The van der Waals surface area contributed by atoms with E-state index in [2.05, 4.69) is 0 Å². The molecule has 2 fully saturated rings. The van der Waals surface area contributed by atoms with Crippen molar-refractivity contribution in [2.24, 2.45) is 0 Å². The Morgan fingerprint density at radius 1 is 1.35 bits per heavy atom. The number of fused-ring (bicyclic) bond motifs is 1. The third kappa shape index (κ3) is 3.34. The van der Waals surface area contributed by atoms with E-state index in [1.807, 2.05) is 18.2 Å². The second-order valence-electron chi connectivity index (χ2n) is 5.84. The summed E-state index contributed by atoms with van der Waals surface area (Å²) in [6.07, 6.45) is 0.657. The van der Waals surface area contributed by atoms with Crippen LogP contribution in [0.2, 0.25) is 5.02 Å². The Morgan fingerprint density at radius 2 is 2.13 bits per heavy atom. The maximum absolute atomic E-state index is 12.2. The van der Waals surface area contributed by atoms with E-state index in [-0.39, 0.29) is 37.7 Å². The third-order valence-corrected chi connectivity index (χ3v) is 4.57. The molecule has 2 saturated heterocycles. The van der Waals surface area contributed by atoms with Crippen LogP contribution in [0.25, 0.3) is 0 Å². The topological polar surface area (TPSA) is 70.1 Å². The van der Waals surface area contributed by atoms with Crippen LogP contribution in [0.5, 0.6) is 0 Å². The first kappa shape index (κ1) is 16.2. The van der Waals surface area contributed by atoms with Crippen LogP contribution >= 0.6 is 11.6 Å². The number of carbonyl (C=O) groups excluding carboxylic acids is 2. The van der Waals surface area contributed by atoms with Gasteiger partial charge in [-0.05, 0) is 24.5 Å². The van der Waals surface area contributed by atoms with E-state index in [1.54, 1.807) is 11.0 Å². The minimum atomic E-state index is -0.912. The standard InChI is InChI=1S/C16H19ClN2O4/c17-13-5-2-1-4-11(13)9-23-10-12(20)8-19-15(21)14-6-3-7-18(14)16(19)22/h1-2,4-5,12,14,20H,3,6-10H2/t12-,14+/m1/s1. The number of aliphatic hydroxyl groups is 1. The SMILES string of the molecule is O=C1[C@@H]2CCCN2C(=O)N1C[C@@H](O)COCc1ccccc1Cl. The van der Waals surface area contributed by atoms with Gasteiger partial charge in [-0.1, -0.05) is 29.8 Å². The molecule has 0 spiro atoms. The number of rotatable bonds is 6. The molecule has 2 heterocycles. The molecule has 3 amide bonds. The van der Waals surface area contributed by atoms with Crippen molar-refractivity contribution in [1.82, 2.24) is 9.80 Å². The van der Waals surface area contributed by atoms with Crippen molar-refractivity contribution in [3.63, 3.8) is 0 Å². The number of aliphatic hydroxyl groups excluding tert-OH is 1. The van der Waals surface area contributed by atoms with Gasteiger partial charge >= 0.3 is 6.03 Å². The van der Waals surface area contributed by atoms with E-state index >= 15 is 0 Å². The summed E-state index contributed by atoms with van der Waals surface area (Å²) in [5, 5.41) is 10.6. The van der Waals surface area contributed by atoms with E-state index < -0.39 is 6.10 Å². The molecule has 0 aromatic heterocycles. The molecule has 0 bridgehead atoms. The van der Waals surface area contributed by atoms with Crippen LogP contribution in [0.15, 0.2) is 24.3 Å². The number of amides is 3. The Balaban J connectivity index is 1.48. The van der Waals surface area contributed by atoms with Crippen LogP contribution in [0.4, 0.5) is 4.79 Å². The summed E-state index contributed by atoms with van der Waals surface area (Å²) < 4.78 is 5.44. The van der Waals surface area contributed by atoms with Crippen molar-refractivity contribution in [3.8, 4) is 0 Å². The first-order valence-electron chi connectivity index (χ1n) is 7.69. The number of hydrogen-bond donors (Lipinski definition) is 1. The van der Waals surface area contributed by atoms with Gasteiger partial charge in [-0.25, -0.2) is 4.79 Å². The predicted octanol–water partition coefficient (Wildman–Crippen LogP) is 1.64. The molecule has 6 nitrogen and oxygen atoms in total. The van der Waals surface area contributed by atoms with Crippen LogP contribution in [0.3, 0.4) is 0 Å². The number of ether oxygens (including phenoxy) is 1. The van der Waals surface area contributed by atoms with E-state index in [9.17, 15) is 14.7 Å². The molecule has 0 saturated carbocycles. The Hall–Kier alpha value is -1.63. The van der Waals surface area contributed by atoms with Crippen molar-refractivity contribution >= 4 is 23.5 Å². The zero-order valence-corrected chi connectivity index (χ0v) is 13.4. The Bertz CT molecular complexity index is 587. The van der Waals surface area contributed by atoms with Gasteiger partial charge in [0.1, 0.15) is 6.04 Å². The van der Waals surface area contributed by atoms with Gasteiger partial charge in [0.05, 0.1) is 25.9 Å². The maximum atomic E-state index is 12.2. The lowest BCUT2D eigenvalue weighted by molar-refractivity contribution is -0.129. The zero-order valence-electron chi connectivity index (χ0n) is 12.7. The number of imide groups is 1. The zero-order chi connectivity index (χ0) is 16.4. The lowest BCUT2D eigenvalue weighted by Crippen LogP contribution is -2.40. The highest BCUT2D eigenvalue weighted by Crippen LogP contribution is 2.27. The van der Waals surface area contributed by atoms with Crippen LogP contribution in [0.1, 0.15) is 18.4 Å². The second-order valence-corrected chi connectivity index (χ2v) is 6.25.